The van der Waals surface area contributed by atoms with Gasteiger partial charge in [0.05, 0.1) is 48.2 Å². The number of rotatable bonds is 9. The third-order valence-corrected chi connectivity index (χ3v) is 9.23. The molecule has 48 heavy (non-hydrogen) atoms. The number of nitrogens with two attached hydrogens (primary N) is 1. The van der Waals surface area contributed by atoms with E-state index in [2.05, 4.69) is 11.0 Å². The highest BCUT2D eigenvalue weighted by Gasteiger charge is 2.37. The lowest BCUT2D eigenvalue weighted by molar-refractivity contribution is -0.137. The van der Waals surface area contributed by atoms with Crippen LogP contribution < -0.4 is 20.1 Å². The van der Waals surface area contributed by atoms with Crippen molar-refractivity contribution in [2.75, 3.05) is 70.8 Å². The van der Waals surface area contributed by atoms with Gasteiger partial charge < -0.3 is 34.6 Å². The van der Waals surface area contributed by atoms with Crippen molar-refractivity contribution in [2.45, 2.75) is 43.9 Å². The maximum atomic E-state index is 14.3. The van der Waals surface area contributed by atoms with Gasteiger partial charge in [0.1, 0.15) is 18.2 Å². The Bertz CT molecular complexity index is 1760. The van der Waals surface area contributed by atoms with Crippen LogP contribution in [-0.2, 0) is 22.1 Å². The summed E-state index contributed by atoms with van der Waals surface area (Å²) in [6, 6.07) is 7.22. The smallest absolute Gasteiger partial charge is 0.417 e. The van der Waals surface area contributed by atoms with Crippen LogP contribution in [0, 0.1) is 11.3 Å². The Morgan fingerprint density at radius 2 is 2.02 bits per heavy atom. The summed E-state index contributed by atoms with van der Waals surface area (Å²) < 4.78 is 60.1. The minimum atomic E-state index is -4.62. The molecular weight excluding hydrogens is 627 g/mol. The van der Waals surface area contributed by atoms with Gasteiger partial charge in [-0.25, -0.2) is 0 Å². The number of nitrogen functional groups attached to an aromatic ring is 1. The zero-order valence-electron chi connectivity index (χ0n) is 26.9. The van der Waals surface area contributed by atoms with Crippen LogP contribution >= 0.6 is 0 Å². The predicted molar refractivity (Wildman–Crippen MR) is 174 cm³/mol. The van der Waals surface area contributed by atoms with E-state index in [0.29, 0.717) is 59.7 Å². The minimum absolute atomic E-state index is 0.0518. The maximum Gasteiger partial charge on any atom is 0.417 e. The van der Waals surface area contributed by atoms with Crippen molar-refractivity contribution in [2.24, 2.45) is 0 Å². The lowest BCUT2D eigenvalue weighted by Gasteiger charge is -2.41. The third-order valence-electron chi connectivity index (χ3n) is 9.23. The SMILES string of the molecule is COC/C=C/C(=O)N1CCN(c2nc(OC[C@@H]3CCCN3C)nc3cc(-c4cc(N)ccc4C(F)(F)F)c4c(c23)OCC4)C[C@@H]1CC#N. The van der Waals surface area contributed by atoms with Gasteiger partial charge >= 0.3 is 12.2 Å². The summed E-state index contributed by atoms with van der Waals surface area (Å²) in [7, 11) is 3.57. The largest absolute Gasteiger partial charge is 0.492 e. The average molecular weight is 666 g/mol. The standard InChI is InChI=1S/C34H38F3N7O4/c1-42-12-3-5-23(42)20-48-33-40-28-18-25(26-17-21(39)7-8-27(26)34(35,36)37)24-10-16-47-31(24)30(28)32(41-33)43-13-14-44(22(19-43)9-11-38)29(45)6-4-15-46-2/h4,6-8,17-18,22-23H,3,5,9-10,12-16,19-20,39H2,1-2H3/b6-4+/t22-,23-/m0/s1. The Hall–Kier alpha value is -4.61. The van der Waals surface area contributed by atoms with Crippen LogP contribution in [0.3, 0.4) is 0 Å². The maximum absolute atomic E-state index is 14.3. The number of likely N-dealkylation sites (tertiary alicyclic amines) is 1. The van der Waals surface area contributed by atoms with Crippen LogP contribution in [0.25, 0.3) is 22.0 Å². The van der Waals surface area contributed by atoms with Crippen LogP contribution in [0.4, 0.5) is 24.7 Å². The van der Waals surface area contributed by atoms with Crippen molar-refractivity contribution in [1.82, 2.24) is 19.8 Å². The van der Waals surface area contributed by atoms with E-state index in [-0.39, 0.29) is 55.4 Å². The van der Waals surface area contributed by atoms with E-state index >= 15 is 0 Å². The highest BCUT2D eigenvalue weighted by atomic mass is 19.4. The summed E-state index contributed by atoms with van der Waals surface area (Å²) in [6.45, 7) is 2.84. The van der Waals surface area contributed by atoms with Gasteiger partial charge in [0.2, 0.25) is 5.91 Å². The number of ether oxygens (including phenoxy) is 3. The second-order valence-corrected chi connectivity index (χ2v) is 12.3. The molecule has 2 aromatic carbocycles. The Kier molecular flexibility index (Phi) is 9.61. The number of nitriles is 1. The highest BCUT2D eigenvalue weighted by molar-refractivity contribution is 6.01. The molecule has 2 N–H and O–H groups in total. The molecule has 0 aliphatic carbocycles. The Labute approximate surface area is 276 Å². The van der Waals surface area contributed by atoms with Gasteiger partial charge in [-0.3, -0.25) is 4.79 Å². The molecule has 4 heterocycles. The number of anilines is 2. The molecule has 14 heteroatoms. The molecule has 2 atom stereocenters. The van der Waals surface area contributed by atoms with Crippen LogP contribution in [0.1, 0.15) is 30.4 Å². The van der Waals surface area contributed by atoms with E-state index < -0.39 is 17.8 Å². The molecule has 11 nitrogen and oxygen atoms in total. The highest BCUT2D eigenvalue weighted by Crippen LogP contribution is 2.47. The van der Waals surface area contributed by atoms with Gasteiger partial charge in [-0.1, -0.05) is 6.08 Å². The number of halogens is 3. The van der Waals surface area contributed by atoms with Crippen molar-refractivity contribution < 1.29 is 32.2 Å². The molecule has 0 unspecified atom stereocenters. The number of benzene rings is 2. The lowest BCUT2D eigenvalue weighted by Crippen LogP contribution is -2.55. The first kappa shape index (κ1) is 33.3. The van der Waals surface area contributed by atoms with E-state index in [1.807, 2.05) is 11.9 Å². The van der Waals surface area contributed by atoms with Gasteiger partial charge in [0, 0.05) is 56.5 Å². The number of carbonyl (C=O) groups excluding carboxylic acids is 1. The zero-order chi connectivity index (χ0) is 34.0. The molecule has 3 aromatic rings. The fourth-order valence-corrected chi connectivity index (χ4v) is 6.81. The molecule has 2 fully saturated rings. The summed E-state index contributed by atoms with van der Waals surface area (Å²) in [5, 5.41) is 10.2. The second kappa shape index (κ2) is 13.9. The number of hydrogen-bond acceptors (Lipinski definition) is 10. The fraction of sp³-hybridized carbons (Fsp3) is 0.471. The molecule has 0 bridgehead atoms. The molecule has 0 saturated carbocycles. The normalized spacial score (nSPS) is 19.9. The molecule has 3 aliphatic heterocycles. The van der Waals surface area contributed by atoms with Crippen LogP contribution in [0.2, 0.25) is 0 Å². The van der Waals surface area contributed by atoms with E-state index in [9.17, 15) is 23.2 Å². The molecular formula is C34H38F3N7O4. The Morgan fingerprint density at radius 3 is 2.75 bits per heavy atom. The number of methoxy groups -OCH3 is 1. The van der Waals surface area contributed by atoms with Crippen LogP contribution in [-0.4, -0.2) is 97.9 Å². The minimum Gasteiger partial charge on any atom is -0.492 e. The number of aromatic nitrogens is 2. The summed E-state index contributed by atoms with van der Waals surface area (Å²) in [5.74, 6) is 0.668. The van der Waals surface area contributed by atoms with Gasteiger partial charge in [0.25, 0.3) is 0 Å². The number of likely N-dealkylation sites (N-methyl/N-ethyl adjacent to an activating group) is 1. The first-order chi connectivity index (χ1) is 23.1. The van der Waals surface area contributed by atoms with Crippen molar-refractivity contribution in [3.8, 4) is 29.0 Å². The van der Waals surface area contributed by atoms with Crippen LogP contribution in [0.5, 0.6) is 11.8 Å². The number of piperazine rings is 1. The van der Waals surface area contributed by atoms with Gasteiger partial charge in [0.15, 0.2) is 0 Å². The van der Waals surface area contributed by atoms with E-state index in [4.69, 9.17) is 29.9 Å². The Morgan fingerprint density at radius 1 is 1.19 bits per heavy atom. The molecule has 1 aromatic heterocycles. The number of alkyl halides is 3. The average Bonchev–Trinajstić information content (AvgIpc) is 3.71. The number of nitrogens with zero attached hydrogens (tertiary/aromatic N) is 6. The van der Waals surface area contributed by atoms with Gasteiger partial charge in [-0.05, 0) is 61.8 Å². The van der Waals surface area contributed by atoms with Crippen molar-refractivity contribution >= 4 is 28.3 Å². The van der Waals surface area contributed by atoms with Crippen LogP contribution in [0.15, 0.2) is 36.4 Å². The first-order valence-corrected chi connectivity index (χ1v) is 16.0. The van der Waals surface area contributed by atoms with E-state index in [1.165, 1.54) is 25.3 Å². The second-order valence-electron chi connectivity index (χ2n) is 12.3. The molecule has 1 amide bonds. The van der Waals surface area contributed by atoms with E-state index in [1.54, 1.807) is 17.0 Å². The monoisotopic (exact) mass is 665 g/mol. The molecule has 6 rings (SSSR count). The van der Waals surface area contributed by atoms with Gasteiger partial charge in [-0.15, -0.1) is 0 Å². The van der Waals surface area contributed by atoms with Crippen molar-refractivity contribution in [3.63, 3.8) is 0 Å². The van der Waals surface area contributed by atoms with Gasteiger partial charge in [-0.2, -0.15) is 28.4 Å². The first-order valence-electron chi connectivity index (χ1n) is 16.0. The third kappa shape index (κ3) is 6.70. The number of fused-ring (bicyclic) bond motifs is 3. The number of amides is 1. The number of hydrogen-bond donors (Lipinski definition) is 1. The summed E-state index contributed by atoms with van der Waals surface area (Å²) in [5.41, 5.74) is 6.65. The predicted octanol–water partition coefficient (Wildman–Crippen LogP) is 4.44. The van der Waals surface area contributed by atoms with Crippen molar-refractivity contribution in [1.29, 1.82) is 5.26 Å². The fourth-order valence-electron chi connectivity index (χ4n) is 6.81. The molecule has 0 radical (unpaired) electrons. The zero-order valence-corrected chi connectivity index (χ0v) is 26.9. The molecule has 2 saturated heterocycles. The molecule has 3 aliphatic rings. The Balaban J connectivity index is 1.47. The summed E-state index contributed by atoms with van der Waals surface area (Å²) in [6.07, 6.45) is 0.943. The molecule has 254 valence electrons. The summed E-state index contributed by atoms with van der Waals surface area (Å²) in [4.78, 5) is 28.5. The quantitative estimate of drug-likeness (QED) is 0.259. The number of carbonyl (C=O) groups is 1. The topological polar surface area (TPSA) is 130 Å². The van der Waals surface area contributed by atoms with E-state index in [0.717, 1.165) is 25.5 Å². The molecule has 0 spiro atoms. The lowest BCUT2D eigenvalue weighted by atomic mass is 9.91. The summed E-state index contributed by atoms with van der Waals surface area (Å²) >= 11 is 0. The van der Waals surface area contributed by atoms with Crippen molar-refractivity contribution in [3.05, 3.63) is 47.5 Å².